The lowest BCUT2D eigenvalue weighted by Gasteiger charge is -2.22. The van der Waals surface area contributed by atoms with Gasteiger partial charge in [-0.15, -0.1) is 0 Å². The molecule has 0 aliphatic heterocycles. The van der Waals surface area contributed by atoms with E-state index in [9.17, 15) is 4.79 Å². The van der Waals surface area contributed by atoms with Crippen molar-refractivity contribution in [3.05, 3.63) is 0 Å². The van der Waals surface area contributed by atoms with Gasteiger partial charge in [-0.3, -0.25) is 4.79 Å². The highest BCUT2D eigenvalue weighted by Crippen LogP contribution is 2.27. The topological polar surface area (TPSA) is 55.1 Å². The summed E-state index contributed by atoms with van der Waals surface area (Å²) in [6.45, 7) is 6.20. The fourth-order valence-corrected chi connectivity index (χ4v) is 2.82. The van der Waals surface area contributed by atoms with Gasteiger partial charge in [0.05, 0.1) is 0 Å². The van der Waals surface area contributed by atoms with Crippen LogP contribution in [0.25, 0.3) is 0 Å². The van der Waals surface area contributed by atoms with E-state index in [1.807, 2.05) is 13.8 Å². The van der Waals surface area contributed by atoms with Crippen LogP contribution in [0.5, 0.6) is 0 Å². The van der Waals surface area contributed by atoms with Crippen molar-refractivity contribution in [3.8, 4) is 0 Å². The predicted molar refractivity (Wildman–Crippen MR) is 76.2 cm³/mol. The number of nitrogens with two attached hydrogens (primary N) is 1. The van der Waals surface area contributed by atoms with Gasteiger partial charge in [-0.2, -0.15) is 0 Å². The summed E-state index contributed by atoms with van der Waals surface area (Å²) in [4.78, 5) is 12.0. The summed E-state index contributed by atoms with van der Waals surface area (Å²) in [5.41, 5.74) is 5.72. The molecule has 0 spiro atoms. The van der Waals surface area contributed by atoms with Crippen LogP contribution in [0.4, 0.5) is 0 Å². The summed E-state index contributed by atoms with van der Waals surface area (Å²) in [5, 5.41) is 3.19. The van der Waals surface area contributed by atoms with Crippen LogP contribution in [-0.4, -0.2) is 18.0 Å². The number of hydrogen-bond acceptors (Lipinski definition) is 2. The molecular formula is C15H30N2O. The maximum Gasteiger partial charge on any atom is 0.223 e. The largest absolute Gasteiger partial charge is 0.353 e. The second-order valence-corrected chi connectivity index (χ2v) is 6.15. The molecule has 3 heteroatoms. The summed E-state index contributed by atoms with van der Waals surface area (Å²) >= 11 is 0. The second-order valence-electron chi connectivity index (χ2n) is 6.15. The molecule has 0 saturated heterocycles. The molecule has 2 unspecified atom stereocenters. The van der Waals surface area contributed by atoms with E-state index in [4.69, 9.17) is 5.73 Å². The summed E-state index contributed by atoms with van der Waals surface area (Å²) in [6.07, 6.45) is 8.22. The van der Waals surface area contributed by atoms with Crippen molar-refractivity contribution >= 4 is 5.91 Å². The van der Waals surface area contributed by atoms with Crippen molar-refractivity contribution in [3.63, 3.8) is 0 Å². The Kier molecular flexibility index (Phi) is 6.69. The van der Waals surface area contributed by atoms with E-state index >= 15 is 0 Å². The Morgan fingerprint density at radius 2 is 1.83 bits per heavy atom. The average Bonchev–Trinajstić information content (AvgIpc) is 2.81. The van der Waals surface area contributed by atoms with Crippen molar-refractivity contribution in [1.29, 1.82) is 0 Å². The van der Waals surface area contributed by atoms with E-state index in [1.165, 1.54) is 25.7 Å². The predicted octanol–water partition coefficient (Wildman–Crippen LogP) is 2.83. The van der Waals surface area contributed by atoms with Crippen LogP contribution in [0, 0.1) is 11.8 Å². The molecule has 106 valence electrons. The molecule has 3 atom stereocenters. The Hall–Kier alpha value is -0.570. The first-order chi connectivity index (χ1) is 8.50. The van der Waals surface area contributed by atoms with E-state index < -0.39 is 0 Å². The SMILES string of the molecule is CC(N)CCCC(C)C(=O)N[C@H](C)C1CCCC1. The van der Waals surface area contributed by atoms with Crippen molar-refractivity contribution in [2.45, 2.75) is 77.8 Å². The lowest BCUT2D eigenvalue weighted by atomic mass is 9.97. The van der Waals surface area contributed by atoms with Crippen molar-refractivity contribution in [2.75, 3.05) is 0 Å². The van der Waals surface area contributed by atoms with E-state index in [-0.39, 0.29) is 17.9 Å². The van der Waals surface area contributed by atoms with Crippen molar-refractivity contribution in [1.82, 2.24) is 5.32 Å². The fourth-order valence-electron chi connectivity index (χ4n) is 2.82. The molecule has 18 heavy (non-hydrogen) atoms. The molecule has 1 fully saturated rings. The Morgan fingerprint density at radius 1 is 1.22 bits per heavy atom. The molecule has 3 nitrogen and oxygen atoms in total. The Labute approximate surface area is 112 Å². The molecule has 1 aliphatic carbocycles. The third kappa shape index (κ3) is 5.38. The highest BCUT2D eigenvalue weighted by atomic mass is 16.1. The van der Waals surface area contributed by atoms with E-state index in [0.717, 1.165) is 19.3 Å². The highest BCUT2D eigenvalue weighted by molar-refractivity contribution is 5.78. The molecule has 3 N–H and O–H groups in total. The van der Waals surface area contributed by atoms with E-state index in [2.05, 4.69) is 12.2 Å². The van der Waals surface area contributed by atoms with Crippen LogP contribution < -0.4 is 11.1 Å². The number of carbonyl (C=O) groups is 1. The van der Waals surface area contributed by atoms with Gasteiger partial charge in [0.15, 0.2) is 0 Å². The van der Waals surface area contributed by atoms with Crippen LogP contribution in [-0.2, 0) is 4.79 Å². The average molecular weight is 254 g/mol. The van der Waals surface area contributed by atoms with Gasteiger partial charge in [0, 0.05) is 18.0 Å². The van der Waals surface area contributed by atoms with Crippen LogP contribution in [0.1, 0.15) is 65.7 Å². The molecule has 0 aromatic rings. The molecule has 0 aromatic heterocycles. The lowest BCUT2D eigenvalue weighted by Crippen LogP contribution is -2.40. The quantitative estimate of drug-likeness (QED) is 0.734. The Bertz CT molecular complexity index is 247. The van der Waals surface area contributed by atoms with Crippen LogP contribution >= 0.6 is 0 Å². The zero-order valence-electron chi connectivity index (χ0n) is 12.2. The smallest absolute Gasteiger partial charge is 0.223 e. The summed E-state index contributed by atoms with van der Waals surface area (Å²) < 4.78 is 0. The minimum absolute atomic E-state index is 0.118. The highest BCUT2D eigenvalue weighted by Gasteiger charge is 2.24. The number of carbonyl (C=O) groups excluding carboxylic acids is 1. The number of hydrogen-bond donors (Lipinski definition) is 2. The third-order valence-corrected chi connectivity index (χ3v) is 4.22. The van der Waals surface area contributed by atoms with E-state index in [1.54, 1.807) is 0 Å². The van der Waals surface area contributed by atoms with Gasteiger partial charge in [0.1, 0.15) is 0 Å². The van der Waals surface area contributed by atoms with Gasteiger partial charge in [-0.25, -0.2) is 0 Å². The fraction of sp³-hybridized carbons (Fsp3) is 0.933. The summed E-state index contributed by atoms with van der Waals surface area (Å²) in [7, 11) is 0. The normalized spacial score (nSPS) is 21.6. The van der Waals surface area contributed by atoms with Gasteiger partial charge in [0.2, 0.25) is 5.91 Å². The molecule has 0 heterocycles. The van der Waals surface area contributed by atoms with Gasteiger partial charge in [0.25, 0.3) is 0 Å². The molecule has 0 radical (unpaired) electrons. The second kappa shape index (κ2) is 7.78. The minimum atomic E-state index is 0.118. The third-order valence-electron chi connectivity index (χ3n) is 4.22. The zero-order valence-corrected chi connectivity index (χ0v) is 12.2. The number of amides is 1. The zero-order chi connectivity index (χ0) is 13.5. The monoisotopic (exact) mass is 254 g/mol. The molecule has 0 bridgehead atoms. The lowest BCUT2D eigenvalue weighted by molar-refractivity contribution is -0.125. The number of nitrogens with one attached hydrogen (secondary N) is 1. The van der Waals surface area contributed by atoms with Crippen LogP contribution in [0.2, 0.25) is 0 Å². The summed E-state index contributed by atoms with van der Waals surface area (Å²) in [6, 6.07) is 0.591. The molecule has 0 aromatic carbocycles. The van der Waals surface area contributed by atoms with Crippen LogP contribution in [0.15, 0.2) is 0 Å². The maximum atomic E-state index is 12.0. The van der Waals surface area contributed by atoms with Crippen LogP contribution in [0.3, 0.4) is 0 Å². The first-order valence-electron chi connectivity index (χ1n) is 7.56. The van der Waals surface area contributed by atoms with Crippen molar-refractivity contribution < 1.29 is 4.79 Å². The molecule has 1 saturated carbocycles. The molecule has 1 rings (SSSR count). The first-order valence-corrected chi connectivity index (χ1v) is 7.56. The van der Waals surface area contributed by atoms with Gasteiger partial charge < -0.3 is 11.1 Å². The standard InChI is InChI=1S/C15H30N2O/c1-11(7-6-8-12(2)16)15(18)17-13(3)14-9-4-5-10-14/h11-14H,4-10,16H2,1-3H3,(H,17,18)/t11?,12?,13-/m1/s1. The Morgan fingerprint density at radius 3 is 2.39 bits per heavy atom. The number of rotatable bonds is 7. The van der Waals surface area contributed by atoms with Gasteiger partial charge in [-0.1, -0.05) is 26.2 Å². The van der Waals surface area contributed by atoms with Gasteiger partial charge >= 0.3 is 0 Å². The molecular weight excluding hydrogens is 224 g/mol. The molecule has 1 aliphatic rings. The Balaban J connectivity index is 2.21. The summed E-state index contributed by atoms with van der Waals surface area (Å²) in [5.74, 6) is 1.04. The van der Waals surface area contributed by atoms with E-state index in [0.29, 0.717) is 12.0 Å². The van der Waals surface area contributed by atoms with Crippen molar-refractivity contribution in [2.24, 2.45) is 17.6 Å². The van der Waals surface area contributed by atoms with Gasteiger partial charge in [-0.05, 0) is 45.4 Å². The maximum absolute atomic E-state index is 12.0. The molecule has 1 amide bonds. The first kappa shape index (κ1) is 15.5. The minimum Gasteiger partial charge on any atom is -0.353 e.